The van der Waals surface area contributed by atoms with Crippen molar-refractivity contribution in [3.05, 3.63) is 46.7 Å². The maximum atomic E-state index is 10.4. The highest BCUT2D eigenvalue weighted by atomic mass is 35.5. The number of nitrogens with zero attached hydrogens (tertiary/aromatic N) is 1. The number of hydrazone groups is 1. The molecule has 2 rings (SSSR count). The first-order valence-electron chi connectivity index (χ1n) is 5.51. The molecule has 6 heteroatoms. The smallest absolute Gasteiger partial charge is 0.332 e. The number of nitrogens with two attached hydrogens (primary N) is 1. The lowest BCUT2D eigenvalue weighted by Gasteiger charge is -2.00. The van der Waals surface area contributed by atoms with Crippen LogP contribution >= 0.6 is 11.6 Å². The number of carbonyl (C=O) groups is 1. The SMILES string of the molecule is Cc1ccc(-c2ccc(/C=N\NC(N)=O)o2)cc1Cl. The zero-order chi connectivity index (χ0) is 13.8. The number of rotatable bonds is 3. The van der Waals surface area contributed by atoms with E-state index in [9.17, 15) is 4.79 Å². The molecule has 0 aliphatic heterocycles. The van der Waals surface area contributed by atoms with E-state index in [4.69, 9.17) is 21.8 Å². The van der Waals surface area contributed by atoms with Crippen molar-refractivity contribution in [3.63, 3.8) is 0 Å². The molecule has 0 aliphatic carbocycles. The summed E-state index contributed by atoms with van der Waals surface area (Å²) < 4.78 is 5.55. The highest BCUT2D eigenvalue weighted by molar-refractivity contribution is 6.31. The summed E-state index contributed by atoms with van der Waals surface area (Å²) in [4.78, 5) is 10.4. The van der Waals surface area contributed by atoms with Crippen LogP contribution in [-0.2, 0) is 0 Å². The van der Waals surface area contributed by atoms with Crippen LogP contribution in [-0.4, -0.2) is 12.2 Å². The summed E-state index contributed by atoms with van der Waals surface area (Å²) >= 11 is 6.06. The molecule has 0 saturated heterocycles. The topological polar surface area (TPSA) is 80.6 Å². The number of halogens is 1. The van der Waals surface area contributed by atoms with Gasteiger partial charge >= 0.3 is 6.03 Å². The van der Waals surface area contributed by atoms with E-state index in [1.165, 1.54) is 6.21 Å². The molecule has 98 valence electrons. The van der Waals surface area contributed by atoms with Gasteiger partial charge in [-0.2, -0.15) is 5.10 Å². The Hall–Kier alpha value is -2.27. The van der Waals surface area contributed by atoms with Crippen LogP contribution < -0.4 is 11.2 Å². The number of nitrogens with one attached hydrogen (secondary N) is 1. The Kier molecular flexibility index (Phi) is 3.87. The summed E-state index contributed by atoms with van der Waals surface area (Å²) in [5.74, 6) is 1.17. The third-order valence-electron chi connectivity index (χ3n) is 2.45. The average Bonchev–Trinajstić information content (AvgIpc) is 2.81. The molecule has 0 saturated carbocycles. The normalized spacial score (nSPS) is 10.8. The van der Waals surface area contributed by atoms with Crippen LogP contribution in [0.15, 0.2) is 39.9 Å². The zero-order valence-corrected chi connectivity index (χ0v) is 10.9. The van der Waals surface area contributed by atoms with E-state index in [-0.39, 0.29) is 0 Å². The molecule has 2 amide bonds. The summed E-state index contributed by atoms with van der Waals surface area (Å²) in [5.41, 5.74) is 8.84. The fourth-order valence-electron chi connectivity index (χ4n) is 1.48. The average molecular weight is 278 g/mol. The van der Waals surface area contributed by atoms with Gasteiger partial charge in [-0.05, 0) is 30.7 Å². The first-order valence-corrected chi connectivity index (χ1v) is 5.89. The second-order valence-electron chi connectivity index (χ2n) is 3.90. The van der Waals surface area contributed by atoms with Crippen LogP contribution in [0, 0.1) is 6.92 Å². The molecule has 0 bridgehead atoms. The van der Waals surface area contributed by atoms with Crippen LogP contribution in [0.5, 0.6) is 0 Å². The third kappa shape index (κ3) is 3.35. The number of aryl methyl sites for hydroxylation is 1. The van der Waals surface area contributed by atoms with E-state index in [1.54, 1.807) is 12.1 Å². The minimum absolute atomic E-state index is 0.500. The number of hydrogen-bond donors (Lipinski definition) is 2. The Bertz CT molecular complexity index is 635. The van der Waals surface area contributed by atoms with Crippen molar-refractivity contribution in [1.29, 1.82) is 0 Å². The molecular formula is C13H12ClN3O2. The van der Waals surface area contributed by atoms with Gasteiger partial charge in [-0.25, -0.2) is 10.2 Å². The number of amides is 2. The van der Waals surface area contributed by atoms with Gasteiger partial charge in [0.1, 0.15) is 11.5 Å². The van der Waals surface area contributed by atoms with Gasteiger partial charge in [0, 0.05) is 10.6 Å². The first kappa shape index (κ1) is 13.2. The van der Waals surface area contributed by atoms with Crippen molar-refractivity contribution in [2.24, 2.45) is 10.8 Å². The molecule has 3 N–H and O–H groups in total. The molecule has 2 aromatic rings. The van der Waals surface area contributed by atoms with Gasteiger partial charge in [-0.1, -0.05) is 23.7 Å². The number of primary amides is 1. The highest BCUT2D eigenvalue weighted by Gasteiger charge is 2.05. The minimum atomic E-state index is -0.728. The summed E-state index contributed by atoms with van der Waals surface area (Å²) in [7, 11) is 0. The summed E-state index contributed by atoms with van der Waals surface area (Å²) in [6.45, 7) is 1.93. The van der Waals surface area contributed by atoms with Crippen LogP contribution in [0.25, 0.3) is 11.3 Å². The largest absolute Gasteiger partial charge is 0.455 e. The number of hydrogen-bond acceptors (Lipinski definition) is 3. The van der Waals surface area contributed by atoms with E-state index in [1.807, 2.05) is 25.1 Å². The van der Waals surface area contributed by atoms with Crippen molar-refractivity contribution in [2.75, 3.05) is 0 Å². The lowest BCUT2D eigenvalue weighted by molar-refractivity contribution is 0.249. The van der Waals surface area contributed by atoms with Crippen molar-refractivity contribution in [1.82, 2.24) is 5.43 Å². The first-order chi connectivity index (χ1) is 9.06. The van der Waals surface area contributed by atoms with Crippen LogP contribution in [0.2, 0.25) is 5.02 Å². The standard InChI is InChI=1S/C13H12ClN3O2/c1-8-2-3-9(6-11(8)14)12-5-4-10(19-12)7-16-17-13(15)18/h2-7H,1H3,(H3,15,17,18)/b16-7-. The number of urea groups is 1. The Morgan fingerprint density at radius 2 is 2.21 bits per heavy atom. The van der Waals surface area contributed by atoms with Crippen molar-refractivity contribution >= 4 is 23.8 Å². The number of benzene rings is 1. The zero-order valence-electron chi connectivity index (χ0n) is 10.2. The molecule has 0 aliphatic rings. The van der Waals surface area contributed by atoms with Crippen LogP contribution in [0.1, 0.15) is 11.3 Å². The Labute approximate surface area is 115 Å². The van der Waals surface area contributed by atoms with E-state index >= 15 is 0 Å². The minimum Gasteiger partial charge on any atom is -0.455 e. The summed E-state index contributed by atoms with van der Waals surface area (Å²) in [6.07, 6.45) is 1.37. The van der Waals surface area contributed by atoms with Crippen LogP contribution in [0.3, 0.4) is 0 Å². The molecule has 0 unspecified atom stereocenters. The second kappa shape index (κ2) is 5.58. The van der Waals surface area contributed by atoms with Crippen molar-refractivity contribution in [2.45, 2.75) is 6.92 Å². The van der Waals surface area contributed by atoms with E-state index in [0.29, 0.717) is 16.5 Å². The van der Waals surface area contributed by atoms with E-state index in [2.05, 4.69) is 10.5 Å². The third-order valence-corrected chi connectivity index (χ3v) is 2.86. The molecule has 19 heavy (non-hydrogen) atoms. The molecule has 1 aromatic carbocycles. The summed E-state index contributed by atoms with van der Waals surface area (Å²) in [5, 5.41) is 4.29. The molecule has 1 heterocycles. The number of carbonyl (C=O) groups excluding carboxylic acids is 1. The lowest BCUT2D eigenvalue weighted by Crippen LogP contribution is -2.24. The maximum absolute atomic E-state index is 10.4. The van der Waals surface area contributed by atoms with E-state index in [0.717, 1.165) is 11.1 Å². The Morgan fingerprint density at radius 3 is 2.89 bits per heavy atom. The molecule has 0 fully saturated rings. The molecular weight excluding hydrogens is 266 g/mol. The second-order valence-corrected chi connectivity index (χ2v) is 4.31. The number of furan rings is 1. The Balaban J connectivity index is 2.18. The van der Waals surface area contributed by atoms with Gasteiger partial charge in [0.2, 0.25) is 0 Å². The van der Waals surface area contributed by atoms with Gasteiger partial charge in [-0.3, -0.25) is 0 Å². The molecule has 1 aromatic heterocycles. The predicted molar refractivity (Wildman–Crippen MR) is 74.2 cm³/mol. The molecule has 0 radical (unpaired) electrons. The van der Waals surface area contributed by atoms with Gasteiger partial charge in [0.25, 0.3) is 0 Å². The van der Waals surface area contributed by atoms with E-state index < -0.39 is 6.03 Å². The molecule has 5 nitrogen and oxygen atoms in total. The monoisotopic (exact) mass is 277 g/mol. The fraction of sp³-hybridized carbons (Fsp3) is 0.0769. The highest BCUT2D eigenvalue weighted by Crippen LogP contribution is 2.26. The Morgan fingerprint density at radius 1 is 1.42 bits per heavy atom. The van der Waals surface area contributed by atoms with Gasteiger partial charge < -0.3 is 10.2 Å². The van der Waals surface area contributed by atoms with Crippen LogP contribution in [0.4, 0.5) is 4.79 Å². The molecule has 0 spiro atoms. The van der Waals surface area contributed by atoms with Gasteiger partial charge in [-0.15, -0.1) is 0 Å². The quantitative estimate of drug-likeness (QED) is 0.668. The lowest BCUT2D eigenvalue weighted by atomic mass is 10.1. The fourth-order valence-corrected chi connectivity index (χ4v) is 1.66. The summed E-state index contributed by atoms with van der Waals surface area (Å²) in [6, 6.07) is 8.47. The van der Waals surface area contributed by atoms with Gasteiger partial charge in [0.05, 0.1) is 6.21 Å². The maximum Gasteiger partial charge on any atom is 0.332 e. The predicted octanol–water partition coefficient (Wildman–Crippen LogP) is 2.91. The molecule has 0 atom stereocenters. The van der Waals surface area contributed by atoms with Crippen molar-refractivity contribution in [3.8, 4) is 11.3 Å². The van der Waals surface area contributed by atoms with Crippen molar-refractivity contribution < 1.29 is 9.21 Å². The van der Waals surface area contributed by atoms with Gasteiger partial charge in [0.15, 0.2) is 0 Å².